The van der Waals surface area contributed by atoms with Crippen LogP contribution in [0.5, 0.6) is 0 Å². The van der Waals surface area contributed by atoms with Crippen LogP contribution in [0.1, 0.15) is 20.3 Å². The minimum atomic E-state index is -0.119. The van der Waals surface area contributed by atoms with Crippen LogP contribution >= 0.6 is 11.6 Å². The van der Waals surface area contributed by atoms with E-state index in [0.29, 0.717) is 18.7 Å². The van der Waals surface area contributed by atoms with Crippen LogP contribution in [0.2, 0.25) is 5.15 Å². The van der Waals surface area contributed by atoms with Gasteiger partial charge in [0.2, 0.25) is 5.91 Å². The highest BCUT2D eigenvalue weighted by atomic mass is 35.5. The van der Waals surface area contributed by atoms with Gasteiger partial charge >= 0.3 is 0 Å². The van der Waals surface area contributed by atoms with Crippen LogP contribution in [0, 0.1) is 5.92 Å². The van der Waals surface area contributed by atoms with Crippen LogP contribution in [0.3, 0.4) is 0 Å². The smallest absolute Gasteiger partial charge is 0.226 e. The second-order valence-electron chi connectivity index (χ2n) is 4.69. The Hall–Kier alpha value is -1.17. The predicted molar refractivity (Wildman–Crippen MR) is 76.2 cm³/mol. The molecule has 0 aliphatic rings. The van der Waals surface area contributed by atoms with Gasteiger partial charge in [0.15, 0.2) is 5.15 Å². The number of nitrogens with one attached hydrogen (secondary N) is 2. The SMILES string of the molecule is CC(CO)CNC(C)CC(=O)Nc1cccnc1Cl. The van der Waals surface area contributed by atoms with Crippen molar-refractivity contribution in [1.82, 2.24) is 10.3 Å². The molecule has 0 saturated carbocycles. The lowest BCUT2D eigenvalue weighted by Gasteiger charge is -2.16. The molecule has 0 saturated heterocycles. The molecular formula is C13H20ClN3O2. The number of halogens is 1. The Bertz CT molecular complexity index is 415. The molecule has 1 heterocycles. The number of aliphatic hydroxyl groups excluding tert-OH is 1. The van der Waals surface area contributed by atoms with E-state index < -0.39 is 0 Å². The molecule has 2 atom stereocenters. The highest BCUT2D eigenvalue weighted by molar-refractivity contribution is 6.32. The van der Waals surface area contributed by atoms with E-state index in [1.807, 2.05) is 13.8 Å². The number of rotatable bonds is 7. The van der Waals surface area contributed by atoms with Gasteiger partial charge in [-0.1, -0.05) is 18.5 Å². The van der Waals surface area contributed by atoms with Crippen molar-refractivity contribution in [3.63, 3.8) is 0 Å². The van der Waals surface area contributed by atoms with Crippen molar-refractivity contribution in [2.75, 3.05) is 18.5 Å². The lowest BCUT2D eigenvalue weighted by molar-refractivity contribution is -0.116. The third kappa shape index (κ3) is 6.00. The normalized spacial score (nSPS) is 13.9. The number of anilines is 1. The van der Waals surface area contributed by atoms with Gasteiger partial charge in [0, 0.05) is 31.8 Å². The minimum Gasteiger partial charge on any atom is -0.396 e. The first kappa shape index (κ1) is 15.9. The fraction of sp³-hybridized carbons (Fsp3) is 0.538. The van der Waals surface area contributed by atoms with Crippen molar-refractivity contribution in [1.29, 1.82) is 0 Å². The Morgan fingerprint density at radius 3 is 2.89 bits per heavy atom. The maximum absolute atomic E-state index is 11.8. The van der Waals surface area contributed by atoms with Crippen LogP contribution in [-0.2, 0) is 4.79 Å². The van der Waals surface area contributed by atoms with E-state index >= 15 is 0 Å². The highest BCUT2D eigenvalue weighted by Crippen LogP contribution is 2.17. The highest BCUT2D eigenvalue weighted by Gasteiger charge is 2.11. The van der Waals surface area contributed by atoms with Crippen LogP contribution in [-0.4, -0.2) is 35.2 Å². The summed E-state index contributed by atoms with van der Waals surface area (Å²) in [6.07, 6.45) is 1.90. The van der Waals surface area contributed by atoms with Crippen molar-refractivity contribution in [2.45, 2.75) is 26.3 Å². The Morgan fingerprint density at radius 2 is 2.26 bits per heavy atom. The quantitative estimate of drug-likeness (QED) is 0.666. The molecule has 0 aromatic carbocycles. The van der Waals surface area contributed by atoms with Gasteiger partial charge in [-0.3, -0.25) is 4.79 Å². The number of aromatic nitrogens is 1. The van der Waals surface area contributed by atoms with E-state index in [9.17, 15) is 4.79 Å². The van der Waals surface area contributed by atoms with Crippen LogP contribution < -0.4 is 10.6 Å². The Kier molecular flexibility index (Phi) is 6.77. The molecule has 0 spiro atoms. The molecule has 2 unspecified atom stereocenters. The summed E-state index contributed by atoms with van der Waals surface area (Å²) >= 11 is 5.86. The molecule has 1 amide bonds. The summed E-state index contributed by atoms with van der Waals surface area (Å²) in [6, 6.07) is 3.45. The average molecular weight is 286 g/mol. The zero-order valence-electron chi connectivity index (χ0n) is 11.2. The van der Waals surface area contributed by atoms with Crippen LogP contribution in [0.15, 0.2) is 18.3 Å². The van der Waals surface area contributed by atoms with E-state index in [4.69, 9.17) is 16.7 Å². The molecule has 0 aliphatic heterocycles. The molecular weight excluding hydrogens is 266 g/mol. The second kappa shape index (κ2) is 8.09. The first-order valence-corrected chi connectivity index (χ1v) is 6.65. The lowest BCUT2D eigenvalue weighted by atomic mass is 10.1. The number of pyridine rings is 1. The number of amides is 1. The zero-order chi connectivity index (χ0) is 14.3. The third-order valence-corrected chi connectivity index (χ3v) is 2.95. The summed E-state index contributed by atoms with van der Waals surface area (Å²) < 4.78 is 0. The molecule has 3 N–H and O–H groups in total. The molecule has 106 valence electrons. The Labute approximate surface area is 118 Å². The number of aliphatic hydroxyl groups is 1. The van der Waals surface area contributed by atoms with Gasteiger partial charge in [-0.05, 0) is 25.0 Å². The summed E-state index contributed by atoms with van der Waals surface area (Å²) in [5.41, 5.74) is 0.519. The summed E-state index contributed by atoms with van der Waals surface area (Å²) in [4.78, 5) is 15.7. The van der Waals surface area contributed by atoms with Gasteiger partial charge in [0.25, 0.3) is 0 Å². The largest absolute Gasteiger partial charge is 0.396 e. The number of hydrogen-bond donors (Lipinski definition) is 3. The maximum atomic E-state index is 11.8. The molecule has 1 aromatic rings. The molecule has 0 fully saturated rings. The molecule has 5 nitrogen and oxygen atoms in total. The van der Waals surface area contributed by atoms with Crippen LogP contribution in [0.4, 0.5) is 5.69 Å². The van der Waals surface area contributed by atoms with E-state index in [0.717, 1.165) is 0 Å². The topological polar surface area (TPSA) is 74.2 Å². The maximum Gasteiger partial charge on any atom is 0.226 e. The molecule has 1 aromatic heterocycles. The van der Waals surface area contributed by atoms with Gasteiger partial charge in [-0.15, -0.1) is 0 Å². The Balaban J connectivity index is 2.37. The summed E-state index contributed by atoms with van der Waals surface area (Å²) in [6.45, 7) is 4.68. The molecule has 1 rings (SSSR count). The first-order valence-electron chi connectivity index (χ1n) is 6.27. The Morgan fingerprint density at radius 1 is 1.53 bits per heavy atom. The zero-order valence-corrected chi connectivity index (χ0v) is 11.9. The van der Waals surface area contributed by atoms with Crippen molar-refractivity contribution >= 4 is 23.2 Å². The second-order valence-corrected chi connectivity index (χ2v) is 5.05. The van der Waals surface area contributed by atoms with Gasteiger partial charge in [-0.2, -0.15) is 0 Å². The average Bonchev–Trinajstić information content (AvgIpc) is 2.38. The van der Waals surface area contributed by atoms with Gasteiger partial charge in [0.05, 0.1) is 5.69 Å². The van der Waals surface area contributed by atoms with Gasteiger partial charge in [-0.25, -0.2) is 4.98 Å². The van der Waals surface area contributed by atoms with Crippen molar-refractivity contribution in [2.24, 2.45) is 5.92 Å². The number of carbonyl (C=O) groups is 1. The predicted octanol–water partition coefficient (Wildman–Crippen LogP) is 1.67. The van der Waals surface area contributed by atoms with Crippen molar-refractivity contribution in [3.8, 4) is 0 Å². The fourth-order valence-corrected chi connectivity index (χ4v) is 1.66. The van der Waals surface area contributed by atoms with E-state index in [1.54, 1.807) is 18.3 Å². The van der Waals surface area contributed by atoms with Crippen LogP contribution in [0.25, 0.3) is 0 Å². The van der Waals surface area contributed by atoms with E-state index in [2.05, 4.69) is 15.6 Å². The van der Waals surface area contributed by atoms with Crippen molar-refractivity contribution < 1.29 is 9.90 Å². The first-order chi connectivity index (χ1) is 9.02. The van der Waals surface area contributed by atoms with E-state index in [1.165, 1.54) is 0 Å². The number of carbonyl (C=O) groups excluding carboxylic acids is 1. The molecule has 0 bridgehead atoms. The monoisotopic (exact) mass is 285 g/mol. The van der Waals surface area contributed by atoms with Gasteiger partial charge < -0.3 is 15.7 Å². The molecule has 6 heteroatoms. The summed E-state index contributed by atoms with van der Waals surface area (Å²) in [5.74, 6) is 0.0600. The number of hydrogen-bond acceptors (Lipinski definition) is 4. The van der Waals surface area contributed by atoms with E-state index in [-0.39, 0.29) is 29.6 Å². The fourth-order valence-electron chi connectivity index (χ4n) is 1.50. The summed E-state index contributed by atoms with van der Waals surface area (Å²) in [7, 11) is 0. The lowest BCUT2D eigenvalue weighted by Crippen LogP contribution is -2.34. The number of nitrogens with zero attached hydrogens (tertiary/aromatic N) is 1. The third-order valence-electron chi connectivity index (χ3n) is 2.65. The van der Waals surface area contributed by atoms with Gasteiger partial charge in [0.1, 0.15) is 0 Å². The standard InChI is InChI=1S/C13H20ClN3O2/c1-9(8-18)7-16-10(2)6-12(19)17-11-4-3-5-15-13(11)14/h3-5,9-10,16,18H,6-8H2,1-2H3,(H,17,19). The summed E-state index contributed by atoms with van der Waals surface area (Å²) in [5, 5.41) is 15.1. The minimum absolute atomic E-state index is 0.0319. The molecule has 0 aliphatic carbocycles. The molecule has 0 radical (unpaired) electrons. The molecule has 19 heavy (non-hydrogen) atoms. The van der Waals surface area contributed by atoms with Crippen molar-refractivity contribution in [3.05, 3.63) is 23.5 Å².